The summed E-state index contributed by atoms with van der Waals surface area (Å²) < 4.78 is 0. The molecule has 102 valence electrons. The number of anilines is 1. The molecular weight excluding hydrogens is 264 g/mol. The first-order chi connectivity index (χ1) is 10.2. The van der Waals surface area contributed by atoms with Gasteiger partial charge >= 0.3 is 0 Å². The molecule has 0 atom stereocenters. The van der Waals surface area contributed by atoms with Crippen molar-refractivity contribution in [1.82, 2.24) is 15.4 Å². The number of H-pyrrole nitrogens is 1. The molecule has 0 spiro atoms. The van der Waals surface area contributed by atoms with Crippen LogP contribution in [0.1, 0.15) is 15.9 Å². The summed E-state index contributed by atoms with van der Waals surface area (Å²) in [6, 6.07) is 13.3. The minimum atomic E-state index is -0.135. The quantitative estimate of drug-likeness (QED) is 0.663. The number of rotatable bonds is 0. The summed E-state index contributed by atoms with van der Waals surface area (Å²) in [5.41, 5.74) is 5.56. The molecular formula is C16H12N4O. The van der Waals surface area contributed by atoms with Gasteiger partial charge in [-0.05, 0) is 25.1 Å². The fourth-order valence-corrected chi connectivity index (χ4v) is 2.65. The molecule has 1 amide bonds. The third-order valence-electron chi connectivity index (χ3n) is 3.65. The SMILES string of the molecule is Cc1ccc2c(c1)-c1n[nH]nc1-c1ccccc1C(=O)N2. The van der Waals surface area contributed by atoms with Crippen LogP contribution in [0.2, 0.25) is 0 Å². The number of hydrogen-bond donors (Lipinski definition) is 2. The Morgan fingerprint density at radius 2 is 1.62 bits per heavy atom. The molecule has 1 aromatic heterocycles. The van der Waals surface area contributed by atoms with Gasteiger partial charge in [-0.25, -0.2) is 0 Å². The molecule has 0 aliphatic carbocycles. The molecule has 5 nitrogen and oxygen atoms in total. The summed E-state index contributed by atoms with van der Waals surface area (Å²) in [6.07, 6.45) is 0. The Kier molecular flexibility index (Phi) is 2.41. The van der Waals surface area contributed by atoms with Gasteiger partial charge in [0.25, 0.3) is 5.91 Å². The monoisotopic (exact) mass is 276 g/mol. The zero-order valence-corrected chi connectivity index (χ0v) is 11.3. The minimum Gasteiger partial charge on any atom is -0.321 e. The maximum atomic E-state index is 12.5. The number of carbonyl (C=O) groups excluding carboxylic acids is 1. The number of aryl methyl sites for hydroxylation is 1. The van der Waals surface area contributed by atoms with Gasteiger partial charge < -0.3 is 5.32 Å². The molecule has 2 aromatic carbocycles. The summed E-state index contributed by atoms with van der Waals surface area (Å²) in [4.78, 5) is 12.5. The topological polar surface area (TPSA) is 70.7 Å². The van der Waals surface area contributed by atoms with Crippen LogP contribution in [0.15, 0.2) is 42.5 Å². The molecule has 0 radical (unpaired) electrons. The molecule has 0 saturated heterocycles. The molecule has 5 heteroatoms. The average Bonchev–Trinajstić information content (AvgIpc) is 2.97. The first-order valence-electron chi connectivity index (χ1n) is 6.66. The van der Waals surface area contributed by atoms with E-state index in [-0.39, 0.29) is 5.91 Å². The lowest BCUT2D eigenvalue weighted by Gasteiger charge is -2.16. The van der Waals surface area contributed by atoms with Crippen LogP contribution in [0.3, 0.4) is 0 Å². The van der Waals surface area contributed by atoms with Gasteiger partial charge in [-0.2, -0.15) is 15.4 Å². The molecule has 0 unspecified atom stereocenters. The van der Waals surface area contributed by atoms with Crippen LogP contribution in [0.5, 0.6) is 0 Å². The Bertz CT molecular complexity index is 866. The number of amides is 1. The van der Waals surface area contributed by atoms with Crippen LogP contribution >= 0.6 is 0 Å². The van der Waals surface area contributed by atoms with E-state index in [1.54, 1.807) is 6.07 Å². The van der Waals surface area contributed by atoms with Crippen molar-refractivity contribution in [3.05, 3.63) is 53.6 Å². The second-order valence-electron chi connectivity index (χ2n) is 5.07. The third-order valence-corrected chi connectivity index (χ3v) is 3.65. The summed E-state index contributed by atoms with van der Waals surface area (Å²) in [5, 5.41) is 14.2. The van der Waals surface area contributed by atoms with Gasteiger partial charge in [0.1, 0.15) is 11.4 Å². The Morgan fingerprint density at radius 1 is 0.905 bits per heavy atom. The number of fused-ring (bicyclic) bond motifs is 5. The number of nitrogens with zero attached hydrogens (tertiary/aromatic N) is 2. The normalized spacial score (nSPS) is 12.5. The van der Waals surface area contributed by atoms with E-state index in [2.05, 4.69) is 20.7 Å². The van der Waals surface area contributed by atoms with Crippen LogP contribution in [0.4, 0.5) is 5.69 Å². The highest BCUT2D eigenvalue weighted by Crippen LogP contribution is 2.37. The Labute approximate surface area is 121 Å². The number of nitrogens with one attached hydrogen (secondary N) is 2. The fraction of sp³-hybridized carbons (Fsp3) is 0.0625. The van der Waals surface area contributed by atoms with Crippen molar-refractivity contribution < 1.29 is 4.79 Å². The fourth-order valence-electron chi connectivity index (χ4n) is 2.65. The van der Waals surface area contributed by atoms with Crippen molar-refractivity contribution in [2.45, 2.75) is 6.92 Å². The molecule has 1 aliphatic rings. The van der Waals surface area contributed by atoms with Crippen LogP contribution in [-0.2, 0) is 0 Å². The Balaban J connectivity index is 2.09. The molecule has 2 N–H and O–H groups in total. The standard InChI is InChI=1S/C16H12N4O/c1-9-6-7-13-12(8-9)15-14(18-20-19-15)10-4-2-3-5-11(10)16(21)17-13/h2-8H,1H3,(H,17,21)(H,18,19,20). The number of aromatic amines is 1. The highest BCUT2D eigenvalue weighted by Gasteiger charge is 2.24. The Hall–Kier alpha value is -2.95. The summed E-state index contributed by atoms with van der Waals surface area (Å²) in [5.74, 6) is -0.135. The van der Waals surface area contributed by atoms with Gasteiger partial charge in [0.15, 0.2) is 0 Å². The Morgan fingerprint density at radius 3 is 2.43 bits per heavy atom. The first kappa shape index (κ1) is 11.8. The predicted molar refractivity (Wildman–Crippen MR) is 79.9 cm³/mol. The highest BCUT2D eigenvalue weighted by molar-refractivity contribution is 6.12. The van der Waals surface area contributed by atoms with Crippen LogP contribution in [-0.4, -0.2) is 21.3 Å². The van der Waals surface area contributed by atoms with Crippen molar-refractivity contribution in [2.75, 3.05) is 5.32 Å². The van der Waals surface area contributed by atoms with E-state index >= 15 is 0 Å². The van der Waals surface area contributed by atoms with Gasteiger partial charge in [0, 0.05) is 16.7 Å². The van der Waals surface area contributed by atoms with E-state index in [4.69, 9.17) is 0 Å². The smallest absolute Gasteiger partial charge is 0.256 e. The molecule has 0 saturated carbocycles. The lowest BCUT2D eigenvalue weighted by molar-refractivity contribution is 0.102. The maximum Gasteiger partial charge on any atom is 0.256 e. The molecule has 1 aliphatic heterocycles. The molecule has 2 heterocycles. The highest BCUT2D eigenvalue weighted by atomic mass is 16.1. The summed E-state index contributed by atoms with van der Waals surface area (Å²) in [7, 11) is 0. The molecule has 4 rings (SSSR count). The van der Waals surface area contributed by atoms with Gasteiger partial charge in [-0.15, -0.1) is 0 Å². The number of aromatic nitrogens is 3. The van der Waals surface area contributed by atoms with Crippen molar-refractivity contribution >= 4 is 11.6 Å². The van der Waals surface area contributed by atoms with Crippen molar-refractivity contribution in [1.29, 1.82) is 0 Å². The van der Waals surface area contributed by atoms with E-state index in [0.717, 1.165) is 28.1 Å². The number of benzene rings is 2. The van der Waals surface area contributed by atoms with E-state index < -0.39 is 0 Å². The summed E-state index contributed by atoms with van der Waals surface area (Å²) >= 11 is 0. The van der Waals surface area contributed by atoms with Crippen molar-refractivity contribution in [2.24, 2.45) is 0 Å². The van der Waals surface area contributed by atoms with Gasteiger partial charge in [-0.3, -0.25) is 4.79 Å². The predicted octanol–water partition coefficient (Wildman–Crippen LogP) is 3.01. The van der Waals surface area contributed by atoms with Gasteiger partial charge in [-0.1, -0.05) is 29.8 Å². The molecule has 0 bridgehead atoms. The number of carbonyl (C=O) groups is 1. The molecule has 21 heavy (non-hydrogen) atoms. The largest absolute Gasteiger partial charge is 0.321 e. The number of hydrogen-bond acceptors (Lipinski definition) is 3. The summed E-state index contributed by atoms with van der Waals surface area (Å²) in [6.45, 7) is 2.01. The third kappa shape index (κ3) is 1.74. The van der Waals surface area contributed by atoms with Crippen LogP contribution in [0.25, 0.3) is 22.5 Å². The lowest BCUT2D eigenvalue weighted by atomic mass is 9.96. The average molecular weight is 276 g/mol. The van der Waals surface area contributed by atoms with E-state index in [1.165, 1.54) is 0 Å². The van der Waals surface area contributed by atoms with Gasteiger partial charge in [0.05, 0.1) is 5.69 Å². The van der Waals surface area contributed by atoms with Crippen LogP contribution in [0, 0.1) is 6.92 Å². The maximum absolute atomic E-state index is 12.5. The zero-order valence-electron chi connectivity index (χ0n) is 11.3. The van der Waals surface area contributed by atoms with Gasteiger partial charge in [0.2, 0.25) is 0 Å². The van der Waals surface area contributed by atoms with E-state index in [9.17, 15) is 4.79 Å². The second kappa shape index (κ2) is 4.28. The van der Waals surface area contributed by atoms with Crippen LogP contribution < -0.4 is 5.32 Å². The van der Waals surface area contributed by atoms with E-state index in [0.29, 0.717) is 11.3 Å². The van der Waals surface area contributed by atoms with Crippen molar-refractivity contribution in [3.63, 3.8) is 0 Å². The minimum absolute atomic E-state index is 0.135. The first-order valence-corrected chi connectivity index (χ1v) is 6.66. The second-order valence-corrected chi connectivity index (χ2v) is 5.07. The van der Waals surface area contributed by atoms with Crippen molar-refractivity contribution in [3.8, 4) is 22.5 Å². The zero-order chi connectivity index (χ0) is 14.4. The lowest BCUT2D eigenvalue weighted by Crippen LogP contribution is -2.15. The van der Waals surface area contributed by atoms with E-state index in [1.807, 2.05) is 43.3 Å². The molecule has 0 fully saturated rings. The molecule has 3 aromatic rings.